The molecule has 3 rings (SSSR count). The third kappa shape index (κ3) is 5.40. The van der Waals surface area contributed by atoms with Gasteiger partial charge < -0.3 is 5.32 Å². The van der Waals surface area contributed by atoms with Crippen molar-refractivity contribution in [1.82, 2.24) is 15.2 Å². The van der Waals surface area contributed by atoms with Crippen LogP contribution < -0.4 is 5.32 Å². The van der Waals surface area contributed by atoms with E-state index in [1.807, 2.05) is 12.1 Å². The molecule has 0 bridgehead atoms. The zero-order chi connectivity index (χ0) is 18.2. The predicted octanol–water partition coefficient (Wildman–Crippen LogP) is 3.95. The number of amides is 1. The molecule has 1 aromatic carbocycles. The summed E-state index contributed by atoms with van der Waals surface area (Å²) in [5.41, 5.74) is 2.50. The van der Waals surface area contributed by atoms with Gasteiger partial charge in [0.15, 0.2) is 0 Å². The predicted molar refractivity (Wildman–Crippen MR) is 104 cm³/mol. The van der Waals surface area contributed by atoms with Crippen LogP contribution in [0, 0.1) is 5.92 Å². The highest BCUT2D eigenvalue weighted by molar-refractivity contribution is 5.76. The van der Waals surface area contributed by atoms with E-state index in [-0.39, 0.29) is 11.9 Å². The second kappa shape index (κ2) is 9.48. The van der Waals surface area contributed by atoms with E-state index in [9.17, 15) is 4.79 Å². The van der Waals surface area contributed by atoms with Gasteiger partial charge in [-0.2, -0.15) is 0 Å². The molecular weight excluding hydrogens is 322 g/mol. The number of carbonyl (C=O) groups is 1. The van der Waals surface area contributed by atoms with Crippen LogP contribution in [0.4, 0.5) is 0 Å². The Balaban J connectivity index is 1.43. The van der Waals surface area contributed by atoms with Gasteiger partial charge in [0.2, 0.25) is 5.91 Å². The quantitative estimate of drug-likeness (QED) is 0.821. The number of piperidine rings is 1. The number of nitrogens with one attached hydrogen (secondary N) is 1. The molecule has 4 nitrogen and oxygen atoms in total. The summed E-state index contributed by atoms with van der Waals surface area (Å²) >= 11 is 0. The van der Waals surface area contributed by atoms with Gasteiger partial charge in [-0.15, -0.1) is 0 Å². The van der Waals surface area contributed by atoms with Gasteiger partial charge in [0.05, 0.1) is 6.04 Å². The van der Waals surface area contributed by atoms with Gasteiger partial charge >= 0.3 is 0 Å². The standard InChI is InChI=1S/C22H29N3O/c1-2-21(20-8-12-23-13-9-20)24-22(26)16-18-10-14-25(15-11-18)17-19-6-4-3-5-7-19/h3-9,12-13,18,21H,2,10-11,14-17H2,1H3,(H,24,26). The molecule has 0 spiro atoms. The molecule has 2 heterocycles. The fourth-order valence-corrected chi connectivity index (χ4v) is 3.72. The summed E-state index contributed by atoms with van der Waals surface area (Å²) in [4.78, 5) is 19.0. The summed E-state index contributed by atoms with van der Waals surface area (Å²) in [5, 5.41) is 3.20. The first-order valence-electron chi connectivity index (χ1n) is 9.70. The molecule has 1 aliphatic heterocycles. The molecule has 2 aromatic rings. The van der Waals surface area contributed by atoms with Gasteiger partial charge in [-0.05, 0) is 61.5 Å². The van der Waals surface area contributed by atoms with Crippen molar-refractivity contribution in [3.63, 3.8) is 0 Å². The number of hydrogen-bond donors (Lipinski definition) is 1. The minimum absolute atomic E-state index is 0.0867. The summed E-state index contributed by atoms with van der Waals surface area (Å²) in [5.74, 6) is 0.673. The number of likely N-dealkylation sites (tertiary alicyclic amines) is 1. The van der Waals surface area contributed by atoms with Crippen LogP contribution in [0.1, 0.15) is 49.8 Å². The molecule has 0 aliphatic carbocycles. The monoisotopic (exact) mass is 351 g/mol. The lowest BCUT2D eigenvalue weighted by Crippen LogP contribution is -2.36. The number of nitrogens with zero attached hydrogens (tertiary/aromatic N) is 2. The first-order chi connectivity index (χ1) is 12.7. The zero-order valence-electron chi connectivity index (χ0n) is 15.6. The average Bonchev–Trinajstić information content (AvgIpc) is 2.69. The molecule has 0 radical (unpaired) electrons. The van der Waals surface area contributed by atoms with Crippen LogP contribution in [0.3, 0.4) is 0 Å². The molecular formula is C22H29N3O. The Kier molecular flexibility index (Phi) is 6.78. The van der Waals surface area contributed by atoms with Crippen LogP contribution in [0.5, 0.6) is 0 Å². The number of rotatable bonds is 7. The van der Waals surface area contributed by atoms with Gasteiger partial charge in [-0.25, -0.2) is 0 Å². The molecule has 1 atom stereocenters. The van der Waals surface area contributed by atoms with Gasteiger partial charge in [0.1, 0.15) is 0 Å². The normalized spacial score (nSPS) is 17.0. The van der Waals surface area contributed by atoms with E-state index in [2.05, 4.69) is 52.5 Å². The van der Waals surface area contributed by atoms with E-state index < -0.39 is 0 Å². The Labute approximate surface area is 156 Å². The molecule has 4 heteroatoms. The lowest BCUT2D eigenvalue weighted by molar-refractivity contribution is -0.123. The molecule has 1 saturated heterocycles. The second-order valence-corrected chi connectivity index (χ2v) is 7.22. The highest BCUT2D eigenvalue weighted by Gasteiger charge is 2.22. The second-order valence-electron chi connectivity index (χ2n) is 7.22. The molecule has 1 fully saturated rings. The van der Waals surface area contributed by atoms with E-state index in [1.54, 1.807) is 12.4 Å². The van der Waals surface area contributed by atoms with Gasteiger partial charge in [0, 0.05) is 25.4 Å². The van der Waals surface area contributed by atoms with E-state index in [4.69, 9.17) is 0 Å². The minimum atomic E-state index is 0.0867. The highest BCUT2D eigenvalue weighted by Crippen LogP contribution is 2.23. The van der Waals surface area contributed by atoms with Crippen molar-refractivity contribution in [2.45, 2.75) is 45.2 Å². The summed E-state index contributed by atoms with van der Waals surface area (Å²) in [6.45, 7) is 5.27. The maximum atomic E-state index is 12.5. The van der Waals surface area contributed by atoms with Crippen LogP contribution in [0.15, 0.2) is 54.9 Å². The van der Waals surface area contributed by atoms with Crippen molar-refractivity contribution in [2.75, 3.05) is 13.1 Å². The first-order valence-corrected chi connectivity index (χ1v) is 9.70. The van der Waals surface area contributed by atoms with Crippen LogP contribution in [-0.2, 0) is 11.3 Å². The van der Waals surface area contributed by atoms with Crippen molar-refractivity contribution >= 4 is 5.91 Å². The van der Waals surface area contributed by atoms with Gasteiger partial charge in [0.25, 0.3) is 0 Å². The summed E-state index contributed by atoms with van der Waals surface area (Å²) in [6.07, 6.45) is 7.31. The first kappa shape index (κ1) is 18.6. The van der Waals surface area contributed by atoms with Gasteiger partial charge in [-0.1, -0.05) is 37.3 Å². The lowest BCUT2D eigenvalue weighted by Gasteiger charge is -2.32. The third-order valence-corrected chi connectivity index (χ3v) is 5.28. The molecule has 0 saturated carbocycles. The highest BCUT2D eigenvalue weighted by atomic mass is 16.1. The zero-order valence-corrected chi connectivity index (χ0v) is 15.6. The summed E-state index contributed by atoms with van der Waals surface area (Å²) in [7, 11) is 0. The number of hydrogen-bond acceptors (Lipinski definition) is 3. The number of carbonyl (C=O) groups excluding carboxylic acids is 1. The number of aromatic nitrogens is 1. The maximum Gasteiger partial charge on any atom is 0.220 e. The average molecular weight is 351 g/mol. The Morgan fingerprint density at radius 2 is 1.85 bits per heavy atom. The van der Waals surface area contributed by atoms with E-state index >= 15 is 0 Å². The Morgan fingerprint density at radius 1 is 1.15 bits per heavy atom. The molecule has 1 aromatic heterocycles. The van der Waals surface area contributed by atoms with Crippen molar-refractivity contribution in [1.29, 1.82) is 0 Å². The van der Waals surface area contributed by atoms with E-state index in [1.165, 1.54) is 5.56 Å². The Morgan fingerprint density at radius 3 is 2.50 bits per heavy atom. The van der Waals surface area contributed by atoms with Crippen LogP contribution in [0.2, 0.25) is 0 Å². The smallest absolute Gasteiger partial charge is 0.220 e. The minimum Gasteiger partial charge on any atom is -0.349 e. The van der Waals surface area contributed by atoms with E-state index in [0.29, 0.717) is 12.3 Å². The SMILES string of the molecule is CCC(NC(=O)CC1CCN(Cc2ccccc2)CC1)c1ccncc1. The van der Waals surface area contributed by atoms with Crippen molar-refractivity contribution in [3.05, 3.63) is 66.0 Å². The maximum absolute atomic E-state index is 12.5. The Bertz CT molecular complexity index is 666. The molecule has 1 aliphatic rings. The fourth-order valence-electron chi connectivity index (χ4n) is 3.72. The molecule has 138 valence electrons. The van der Waals surface area contributed by atoms with Gasteiger partial charge in [-0.3, -0.25) is 14.7 Å². The molecule has 1 unspecified atom stereocenters. The van der Waals surface area contributed by atoms with Crippen molar-refractivity contribution in [2.24, 2.45) is 5.92 Å². The molecule has 1 amide bonds. The summed E-state index contributed by atoms with van der Waals surface area (Å²) in [6, 6.07) is 14.7. The fraction of sp³-hybridized carbons (Fsp3) is 0.455. The third-order valence-electron chi connectivity index (χ3n) is 5.28. The molecule has 26 heavy (non-hydrogen) atoms. The topological polar surface area (TPSA) is 45.2 Å². The van der Waals surface area contributed by atoms with E-state index in [0.717, 1.165) is 44.5 Å². The Hall–Kier alpha value is -2.20. The largest absolute Gasteiger partial charge is 0.349 e. The molecule has 1 N–H and O–H groups in total. The lowest BCUT2D eigenvalue weighted by atomic mass is 9.92. The van der Waals surface area contributed by atoms with Crippen LogP contribution in [-0.4, -0.2) is 28.9 Å². The number of benzene rings is 1. The van der Waals surface area contributed by atoms with Crippen molar-refractivity contribution in [3.8, 4) is 0 Å². The van der Waals surface area contributed by atoms with Crippen LogP contribution >= 0.6 is 0 Å². The summed E-state index contributed by atoms with van der Waals surface area (Å²) < 4.78 is 0. The van der Waals surface area contributed by atoms with Crippen molar-refractivity contribution < 1.29 is 4.79 Å². The van der Waals surface area contributed by atoms with Crippen LogP contribution in [0.25, 0.3) is 0 Å². The number of pyridine rings is 1.